The van der Waals surface area contributed by atoms with Gasteiger partial charge in [0.25, 0.3) is 0 Å². The van der Waals surface area contributed by atoms with Crippen LogP contribution in [-0.2, 0) is 19.6 Å². The van der Waals surface area contributed by atoms with Crippen LogP contribution in [0.3, 0.4) is 0 Å². The molecule has 1 aliphatic carbocycles. The molecule has 0 radical (unpaired) electrons. The minimum atomic E-state index is -3.39. The van der Waals surface area contributed by atoms with E-state index < -0.39 is 10.0 Å². The van der Waals surface area contributed by atoms with Crippen LogP contribution in [0.4, 0.5) is 0 Å². The van der Waals surface area contributed by atoms with E-state index in [2.05, 4.69) is 16.3 Å². The van der Waals surface area contributed by atoms with Crippen molar-refractivity contribution < 1.29 is 17.9 Å². The van der Waals surface area contributed by atoms with E-state index in [0.29, 0.717) is 19.5 Å². The standard InChI is InChI=1S/C17H31N3O4S/c1-25(22,23)20(9-7-16-5-3-2-4-6-16)15-17(21)18-8-10-19-11-13-24-14-12-19/h5H,2-4,6-15H2,1H3,(H,18,21). The zero-order valence-corrected chi connectivity index (χ0v) is 16.0. The van der Waals surface area contributed by atoms with Crippen molar-refractivity contribution in [3.05, 3.63) is 11.6 Å². The predicted octanol–water partition coefficient (Wildman–Crippen LogP) is 0.587. The highest BCUT2D eigenvalue weighted by Gasteiger charge is 2.20. The highest BCUT2D eigenvalue weighted by molar-refractivity contribution is 7.88. The molecule has 1 N–H and O–H groups in total. The summed E-state index contributed by atoms with van der Waals surface area (Å²) in [5, 5.41) is 2.83. The molecule has 2 rings (SSSR count). The number of ether oxygens (including phenoxy) is 1. The van der Waals surface area contributed by atoms with E-state index in [9.17, 15) is 13.2 Å². The third kappa shape index (κ3) is 7.85. The zero-order valence-electron chi connectivity index (χ0n) is 15.2. The van der Waals surface area contributed by atoms with Gasteiger partial charge in [-0.2, -0.15) is 4.31 Å². The largest absolute Gasteiger partial charge is 0.379 e. The SMILES string of the molecule is CS(=O)(=O)N(CCC1=CCCCC1)CC(=O)NCCN1CCOCC1. The van der Waals surface area contributed by atoms with Crippen molar-refractivity contribution in [2.24, 2.45) is 0 Å². The Labute approximate surface area is 151 Å². The van der Waals surface area contributed by atoms with Crippen LogP contribution in [0.25, 0.3) is 0 Å². The maximum Gasteiger partial charge on any atom is 0.235 e. The Morgan fingerprint density at radius 3 is 2.72 bits per heavy atom. The van der Waals surface area contributed by atoms with Gasteiger partial charge in [-0.05, 0) is 32.1 Å². The molecule has 0 saturated carbocycles. The predicted molar refractivity (Wildman–Crippen MR) is 97.9 cm³/mol. The molecule has 2 aliphatic rings. The molecule has 8 heteroatoms. The molecular weight excluding hydrogens is 342 g/mol. The van der Waals surface area contributed by atoms with Crippen molar-refractivity contribution >= 4 is 15.9 Å². The van der Waals surface area contributed by atoms with Crippen LogP contribution in [0.5, 0.6) is 0 Å². The van der Waals surface area contributed by atoms with Gasteiger partial charge in [0.15, 0.2) is 0 Å². The monoisotopic (exact) mass is 373 g/mol. The number of sulfonamides is 1. The second kappa shape index (κ2) is 10.3. The van der Waals surface area contributed by atoms with Gasteiger partial charge in [-0.15, -0.1) is 0 Å². The fourth-order valence-electron chi connectivity index (χ4n) is 3.16. The maximum absolute atomic E-state index is 12.1. The second-order valence-corrected chi connectivity index (χ2v) is 8.74. The molecule has 0 unspecified atom stereocenters. The molecule has 0 atom stereocenters. The second-order valence-electron chi connectivity index (χ2n) is 6.76. The molecule has 0 aromatic carbocycles. The van der Waals surface area contributed by atoms with Gasteiger partial charge in [-0.1, -0.05) is 11.6 Å². The summed E-state index contributed by atoms with van der Waals surface area (Å²) in [5.41, 5.74) is 1.31. The van der Waals surface area contributed by atoms with E-state index in [1.807, 2.05) is 0 Å². The van der Waals surface area contributed by atoms with Crippen LogP contribution >= 0.6 is 0 Å². The van der Waals surface area contributed by atoms with E-state index in [1.165, 1.54) is 29.0 Å². The number of hydrogen-bond donors (Lipinski definition) is 1. The Balaban J connectivity index is 1.73. The van der Waals surface area contributed by atoms with Gasteiger partial charge in [0, 0.05) is 32.7 Å². The first kappa shape index (κ1) is 20.4. The van der Waals surface area contributed by atoms with Crippen LogP contribution in [0, 0.1) is 0 Å². The van der Waals surface area contributed by atoms with Crippen molar-refractivity contribution in [2.45, 2.75) is 32.1 Å². The van der Waals surface area contributed by atoms with Crippen molar-refractivity contribution in [3.8, 4) is 0 Å². The third-order valence-electron chi connectivity index (χ3n) is 4.71. The van der Waals surface area contributed by atoms with E-state index in [0.717, 1.165) is 45.7 Å². The molecule has 0 aromatic heterocycles. The van der Waals surface area contributed by atoms with Gasteiger partial charge in [0.1, 0.15) is 0 Å². The fourth-order valence-corrected chi connectivity index (χ4v) is 3.93. The van der Waals surface area contributed by atoms with Gasteiger partial charge < -0.3 is 10.1 Å². The normalized spacial score (nSPS) is 19.7. The molecule has 0 bridgehead atoms. The van der Waals surface area contributed by atoms with Crippen LogP contribution in [0.15, 0.2) is 11.6 Å². The highest BCUT2D eigenvalue weighted by Crippen LogP contribution is 2.20. The minimum absolute atomic E-state index is 0.102. The summed E-state index contributed by atoms with van der Waals surface area (Å²) in [6.07, 6.45) is 8.61. The van der Waals surface area contributed by atoms with Crippen molar-refractivity contribution in [1.82, 2.24) is 14.5 Å². The van der Waals surface area contributed by atoms with Gasteiger partial charge in [0.2, 0.25) is 15.9 Å². The summed E-state index contributed by atoms with van der Waals surface area (Å²) in [6.45, 7) is 4.78. The van der Waals surface area contributed by atoms with Crippen molar-refractivity contribution in [2.75, 3.05) is 58.7 Å². The minimum Gasteiger partial charge on any atom is -0.379 e. The summed E-state index contributed by atoms with van der Waals surface area (Å²) >= 11 is 0. The summed E-state index contributed by atoms with van der Waals surface area (Å²) in [6, 6.07) is 0. The van der Waals surface area contributed by atoms with Crippen molar-refractivity contribution in [1.29, 1.82) is 0 Å². The molecule has 0 aromatic rings. The first-order chi connectivity index (χ1) is 11.9. The lowest BCUT2D eigenvalue weighted by molar-refractivity contribution is -0.121. The Morgan fingerprint density at radius 1 is 1.32 bits per heavy atom. The molecule has 1 aliphatic heterocycles. The molecule has 1 fully saturated rings. The first-order valence-electron chi connectivity index (χ1n) is 9.15. The Morgan fingerprint density at radius 2 is 2.08 bits per heavy atom. The third-order valence-corrected chi connectivity index (χ3v) is 5.96. The smallest absolute Gasteiger partial charge is 0.235 e. The topological polar surface area (TPSA) is 79.0 Å². The number of carbonyl (C=O) groups excluding carboxylic acids is 1. The molecule has 1 heterocycles. The summed E-state index contributed by atoms with van der Waals surface area (Å²) in [5.74, 6) is -0.240. The number of rotatable bonds is 9. The number of amides is 1. The maximum atomic E-state index is 12.1. The van der Waals surface area contributed by atoms with Crippen LogP contribution < -0.4 is 5.32 Å². The van der Waals surface area contributed by atoms with Crippen molar-refractivity contribution in [3.63, 3.8) is 0 Å². The number of nitrogens with zero attached hydrogens (tertiary/aromatic N) is 2. The summed E-state index contributed by atoms with van der Waals surface area (Å²) in [7, 11) is -3.39. The number of morpholine rings is 1. The average Bonchev–Trinajstić information content (AvgIpc) is 2.59. The van der Waals surface area contributed by atoms with Crippen LogP contribution in [-0.4, -0.2) is 82.3 Å². The van der Waals surface area contributed by atoms with Crippen LogP contribution in [0.1, 0.15) is 32.1 Å². The van der Waals surface area contributed by atoms with E-state index in [-0.39, 0.29) is 12.5 Å². The quantitative estimate of drug-likeness (QED) is 0.599. The lowest BCUT2D eigenvalue weighted by Crippen LogP contribution is -2.44. The van der Waals surface area contributed by atoms with E-state index >= 15 is 0 Å². The van der Waals surface area contributed by atoms with Gasteiger partial charge in [0.05, 0.1) is 26.0 Å². The Bertz CT molecular complexity index is 556. The Kier molecular flexibility index (Phi) is 8.35. The Hall–Kier alpha value is -0.960. The molecular formula is C17H31N3O4S. The van der Waals surface area contributed by atoms with Gasteiger partial charge in [-0.25, -0.2) is 8.42 Å². The van der Waals surface area contributed by atoms with E-state index in [4.69, 9.17) is 4.74 Å². The fraction of sp³-hybridized carbons (Fsp3) is 0.824. The molecule has 144 valence electrons. The number of hydrogen-bond acceptors (Lipinski definition) is 5. The molecule has 1 saturated heterocycles. The number of nitrogens with one attached hydrogen (secondary N) is 1. The van der Waals surface area contributed by atoms with Gasteiger partial charge in [-0.3, -0.25) is 9.69 Å². The van der Waals surface area contributed by atoms with E-state index in [1.54, 1.807) is 0 Å². The number of allylic oxidation sites excluding steroid dienone is 1. The molecule has 25 heavy (non-hydrogen) atoms. The zero-order chi connectivity index (χ0) is 18.1. The summed E-state index contributed by atoms with van der Waals surface area (Å²) < 4.78 is 30.5. The lowest BCUT2D eigenvalue weighted by Gasteiger charge is -2.26. The molecule has 1 amide bonds. The van der Waals surface area contributed by atoms with Crippen LogP contribution in [0.2, 0.25) is 0 Å². The average molecular weight is 374 g/mol. The molecule has 7 nitrogen and oxygen atoms in total. The number of carbonyl (C=O) groups is 1. The van der Waals surface area contributed by atoms with Gasteiger partial charge >= 0.3 is 0 Å². The lowest BCUT2D eigenvalue weighted by atomic mass is 9.97. The molecule has 0 spiro atoms. The first-order valence-corrected chi connectivity index (χ1v) is 11.0. The summed E-state index contributed by atoms with van der Waals surface area (Å²) in [4.78, 5) is 14.3. The highest BCUT2D eigenvalue weighted by atomic mass is 32.2.